The van der Waals surface area contributed by atoms with Crippen molar-refractivity contribution in [2.24, 2.45) is 0 Å². The number of nitriles is 1. The zero-order valence-corrected chi connectivity index (χ0v) is 19.4. The van der Waals surface area contributed by atoms with Crippen LogP contribution in [-0.2, 0) is 13.0 Å². The average Bonchev–Trinajstić information content (AvgIpc) is 2.82. The molecule has 3 rings (SSSR count). The third-order valence-electron chi connectivity index (χ3n) is 4.91. The summed E-state index contributed by atoms with van der Waals surface area (Å²) in [6.07, 6.45) is 4.02. The highest BCUT2D eigenvalue weighted by Gasteiger charge is 2.14. The first-order chi connectivity index (χ1) is 16.4. The van der Waals surface area contributed by atoms with Gasteiger partial charge in [-0.15, -0.1) is 6.58 Å². The van der Waals surface area contributed by atoms with Crippen LogP contribution in [0.4, 0.5) is 5.69 Å². The van der Waals surface area contributed by atoms with E-state index < -0.39 is 4.92 Å². The van der Waals surface area contributed by atoms with Gasteiger partial charge in [0.05, 0.1) is 23.2 Å². The molecule has 0 aliphatic rings. The summed E-state index contributed by atoms with van der Waals surface area (Å²) in [5, 5.41) is 21.3. The van der Waals surface area contributed by atoms with E-state index in [2.05, 4.69) is 12.6 Å². The van der Waals surface area contributed by atoms with E-state index >= 15 is 0 Å². The van der Waals surface area contributed by atoms with Crippen LogP contribution in [0.5, 0.6) is 11.5 Å². The van der Waals surface area contributed by atoms with E-state index in [0.717, 1.165) is 16.7 Å². The van der Waals surface area contributed by atoms with Gasteiger partial charge in [-0.2, -0.15) is 5.26 Å². The van der Waals surface area contributed by atoms with Gasteiger partial charge in [-0.3, -0.25) is 10.1 Å². The fraction of sp³-hybridized carbons (Fsp3) is 0.148. The minimum absolute atomic E-state index is 0.0332. The lowest BCUT2D eigenvalue weighted by atomic mass is 10.0. The normalized spacial score (nSPS) is 10.9. The fourth-order valence-corrected chi connectivity index (χ4v) is 3.61. The Balaban J connectivity index is 1.99. The fourth-order valence-electron chi connectivity index (χ4n) is 3.39. The second-order valence-corrected chi connectivity index (χ2v) is 7.76. The Labute approximate surface area is 203 Å². The largest absolute Gasteiger partial charge is 0.490 e. The first-order valence-corrected chi connectivity index (χ1v) is 11.0. The molecular weight excluding hydrogens is 452 g/mol. The number of allylic oxidation sites excluding steroid dienone is 2. The third-order valence-corrected chi connectivity index (χ3v) is 5.15. The van der Waals surface area contributed by atoms with Crippen molar-refractivity contribution >= 4 is 28.9 Å². The van der Waals surface area contributed by atoms with Crippen molar-refractivity contribution in [2.75, 3.05) is 6.61 Å². The van der Waals surface area contributed by atoms with Crippen molar-refractivity contribution in [3.05, 3.63) is 111 Å². The Morgan fingerprint density at radius 1 is 1.18 bits per heavy atom. The summed E-state index contributed by atoms with van der Waals surface area (Å²) >= 11 is 6.09. The minimum atomic E-state index is -0.475. The molecule has 3 aromatic rings. The Bertz CT molecular complexity index is 1260. The van der Waals surface area contributed by atoms with Gasteiger partial charge < -0.3 is 9.47 Å². The van der Waals surface area contributed by atoms with Gasteiger partial charge in [0.2, 0.25) is 0 Å². The molecule has 6 nitrogen and oxygen atoms in total. The quantitative estimate of drug-likeness (QED) is 0.104. The molecule has 0 bridgehead atoms. The van der Waals surface area contributed by atoms with Crippen LogP contribution in [-0.4, -0.2) is 11.5 Å². The standard InChI is InChI=1S/C27H23ClN2O4/c1-3-6-22-13-20(14-23(17-29)21-9-11-25(12-10-21)30(31)32)16-26(33-4-2)27(22)34-18-19-7-5-8-24(28)15-19/h3,5,7-16H,1,4,6,18H2,2H3/b23-14+. The van der Waals surface area contributed by atoms with E-state index in [0.29, 0.717) is 47.3 Å². The number of ether oxygens (including phenoxy) is 2. The molecule has 7 heteroatoms. The summed E-state index contributed by atoms with van der Waals surface area (Å²) < 4.78 is 12.0. The molecule has 0 unspecified atom stereocenters. The average molecular weight is 475 g/mol. The van der Waals surface area contributed by atoms with Crippen molar-refractivity contribution in [3.8, 4) is 17.6 Å². The van der Waals surface area contributed by atoms with E-state index in [1.54, 1.807) is 30.4 Å². The number of benzene rings is 3. The smallest absolute Gasteiger partial charge is 0.269 e. The van der Waals surface area contributed by atoms with Crippen LogP contribution in [0.15, 0.2) is 73.3 Å². The lowest BCUT2D eigenvalue weighted by molar-refractivity contribution is -0.384. The monoisotopic (exact) mass is 474 g/mol. The zero-order valence-electron chi connectivity index (χ0n) is 18.7. The van der Waals surface area contributed by atoms with Gasteiger partial charge in [-0.25, -0.2) is 0 Å². The molecule has 0 heterocycles. The summed E-state index contributed by atoms with van der Waals surface area (Å²) in [4.78, 5) is 10.4. The number of hydrogen-bond acceptors (Lipinski definition) is 5. The number of non-ortho nitro benzene ring substituents is 1. The number of nitro benzene ring substituents is 1. The van der Waals surface area contributed by atoms with Crippen LogP contribution in [0.2, 0.25) is 5.02 Å². The summed E-state index contributed by atoms with van der Waals surface area (Å²) in [5.74, 6) is 1.16. The van der Waals surface area contributed by atoms with Crippen molar-refractivity contribution in [2.45, 2.75) is 20.0 Å². The van der Waals surface area contributed by atoms with E-state index in [-0.39, 0.29) is 5.69 Å². The third kappa shape index (κ3) is 6.25. The molecule has 0 spiro atoms. The van der Waals surface area contributed by atoms with Gasteiger partial charge in [0, 0.05) is 22.7 Å². The zero-order chi connectivity index (χ0) is 24.5. The lowest BCUT2D eigenvalue weighted by Gasteiger charge is -2.17. The molecule has 0 fully saturated rings. The Kier molecular flexibility index (Phi) is 8.44. The van der Waals surface area contributed by atoms with Gasteiger partial charge in [0.15, 0.2) is 11.5 Å². The maximum Gasteiger partial charge on any atom is 0.269 e. The molecule has 34 heavy (non-hydrogen) atoms. The lowest BCUT2D eigenvalue weighted by Crippen LogP contribution is -2.03. The van der Waals surface area contributed by atoms with Crippen molar-refractivity contribution < 1.29 is 14.4 Å². The van der Waals surface area contributed by atoms with Gasteiger partial charge in [-0.05, 0) is 72.5 Å². The maximum absolute atomic E-state index is 10.9. The highest BCUT2D eigenvalue weighted by molar-refractivity contribution is 6.30. The predicted molar refractivity (Wildman–Crippen MR) is 134 cm³/mol. The van der Waals surface area contributed by atoms with Crippen LogP contribution < -0.4 is 9.47 Å². The van der Waals surface area contributed by atoms with Crippen molar-refractivity contribution in [1.82, 2.24) is 0 Å². The molecule has 0 saturated carbocycles. The van der Waals surface area contributed by atoms with Crippen LogP contribution in [0.1, 0.15) is 29.2 Å². The Hall–Kier alpha value is -4.08. The Morgan fingerprint density at radius 2 is 1.94 bits per heavy atom. The number of nitro groups is 1. The number of hydrogen-bond donors (Lipinski definition) is 0. The van der Waals surface area contributed by atoms with Crippen LogP contribution >= 0.6 is 11.6 Å². The number of halogens is 1. The van der Waals surface area contributed by atoms with E-state index in [1.807, 2.05) is 37.3 Å². The Morgan fingerprint density at radius 3 is 2.56 bits per heavy atom. The SMILES string of the molecule is C=CCc1cc(/C=C(\C#N)c2ccc([N+](=O)[O-])cc2)cc(OCC)c1OCc1cccc(Cl)c1. The number of rotatable bonds is 10. The highest BCUT2D eigenvalue weighted by Crippen LogP contribution is 2.36. The van der Waals surface area contributed by atoms with Crippen molar-refractivity contribution in [1.29, 1.82) is 5.26 Å². The molecule has 0 saturated heterocycles. The molecule has 172 valence electrons. The van der Waals surface area contributed by atoms with E-state index in [9.17, 15) is 15.4 Å². The maximum atomic E-state index is 10.9. The molecule has 0 atom stereocenters. The molecule has 0 aliphatic carbocycles. The van der Waals surface area contributed by atoms with Gasteiger partial charge in [0.25, 0.3) is 5.69 Å². The summed E-state index contributed by atoms with van der Waals surface area (Å²) in [6, 6.07) is 19.2. The number of nitrogens with zero attached hydrogens (tertiary/aromatic N) is 2. The molecule has 0 aliphatic heterocycles. The molecule has 0 radical (unpaired) electrons. The van der Waals surface area contributed by atoms with Crippen LogP contribution in [0.3, 0.4) is 0 Å². The molecule has 0 N–H and O–H groups in total. The highest BCUT2D eigenvalue weighted by atomic mass is 35.5. The summed E-state index contributed by atoms with van der Waals surface area (Å²) in [5.41, 5.74) is 3.44. The molecular formula is C27H23ClN2O4. The van der Waals surface area contributed by atoms with Crippen molar-refractivity contribution in [3.63, 3.8) is 0 Å². The second kappa shape index (κ2) is 11.7. The second-order valence-electron chi connectivity index (χ2n) is 7.33. The minimum Gasteiger partial charge on any atom is -0.490 e. The summed E-state index contributed by atoms with van der Waals surface area (Å²) in [7, 11) is 0. The van der Waals surface area contributed by atoms with Gasteiger partial charge in [0.1, 0.15) is 6.61 Å². The molecule has 3 aromatic carbocycles. The molecule has 0 aromatic heterocycles. The predicted octanol–water partition coefficient (Wildman–Crippen LogP) is 7.02. The van der Waals surface area contributed by atoms with Gasteiger partial charge >= 0.3 is 0 Å². The van der Waals surface area contributed by atoms with E-state index in [1.165, 1.54) is 12.1 Å². The summed E-state index contributed by atoms with van der Waals surface area (Å²) in [6.45, 7) is 6.47. The van der Waals surface area contributed by atoms with Gasteiger partial charge in [-0.1, -0.05) is 29.8 Å². The van der Waals surface area contributed by atoms with Crippen LogP contribution in [0.25, 0.3) is 11.6 Å². The van der Waals surface area contributed by atoms with E-state index in [4.69, 9.17) is 21.1 Å². The molecule has 0 amide bonds. The van der Waals surface area contributed by atoms with Crippen LogP contribution in [0, 0.1) is 21.4 Å². The topological polar surface area (TPSA) is 85.4 Å². The first kappa shape index (κ1) is 24.6. The first-order valence-electron chi connectivity index (χ1n) is 10.6.